The van der Waals surface area contributed by atoms with Gasteiger partial charge in [-0.3, -0.25) is 4.90 Å². The minimum atomic E-state index is 0.869. The zero-order chi connectivity index (χ0) is 15.1. The summed E-state index contributed by atoms with van der Waals surface area (Å²) >= 11 is 0. The molecule has 0 bridgehead atoms. The Morgan fingerprint density at radius 3 is 2.33 bits per heavy atom. The third-order valence-electron chi connectivity index (χ3n) is 3.55. The first-order valence-corrected chi connectivity index (χ1v) is 7.41. The number of methoxy groups -OCH3 is 1. The van der Waals surface area contributed by atoms with Gasteiger partial charge in [0.15, 0.2) is 0 Å². The number of rotatable bonds is 7. The number of anilines is 1. The molecule has 0 aromatic heterocycles. The molecule has 0 aliphatic carbocycles. The summed E-state index contributed by atoms with van der Waals surface area (Å²) in [4.78, 5) is 2.42. The molecule has 21 heavy (non-hydrogen) atoms. The van der Waals surface area contributed by atoms with Gasteiger partial charge in [-0.25, -0.2) is 0 Å². The van der Waals surface area contributed by atoms with E-state index < -0.39 is 0 Å². The third-order valence-corrected chi connectivity index (χ3v) is 3.55. The van der Waals surface area contributed by atoms with Gasteiger partial charge in [0.1, 0.15) is 5.75 Å². The van der Waals surface area contributed by atoms with Crippen LogP contribution in [0.25, 0.3) is 0 Å². The second-order valence-corrected chi connectivity index (χ2v) is 5.26. The lowest BCUT2D eigenvalue weighted by Gasteiger charge is -2.22. The zero-order valence-corrected chi connectivity index (χ0v) is 12.9. The van der Waals surface area contributed by atoms with Gasteiger partial charge in [-0.2, -0.15) is 0 Å². The summed E-state index contributed by atoms with van der Waals surface area (Å²) in [5.41, 5.74) is 9.41. The quantitative estimate of drug-likeness (QED) is 0.788. The summed E-state index contributed by atoms with van der Waals surface area (Å²) < 4.78 is 5.20. The highest BCUT2D eigenvalue weighted by molar-refractivity contribution is 5.46. The first-order chi connectivity index (χ1) is 10.2. The molecule has 0 atom stereocenters. The molecular formula is C18H24N2O. The van der Waals surface area contributed by atoms with Crippen molar-refractivity contribution in [1.82, 2.24) is 4.90 Å². The van der Waals surface area contributed by atoms with Gasteiger partial charge in [-0.15, -0.1) is 0 Å². The maximum absolute atomic E-state index is 6.05. The van der Waals surface area contributed by atoms with Crippen LogP contribution in [0.5, 0.6) is 5.75 Å². The molecular weight excluding hydrogens is 260 g/mol. The topological polar surface area (TPSA) is 38.5 Å². The van der Waals surface area contributed by atoms with Gasteiger partial charge >= 0.3 is 0 Å². The number of hydrogen-bond acceptors (Lipinski definition) is 3. The molecule has 2 N–H and O–H groups in total. The van der Waals surface area contributed by atoms with E-state index in [1.807, 2.05) is 30.3 Å². The van der Waals surface area contributed by atoms with E-state index in [9.17, 15) is 0 Å². The molecule has 2 aromatic rings. The SMILES string of the molecule is CCCN(Cc1ccc(OC)cc1)Cc1ccccc1N. The van der Waals surface area contributed by atoms with Crippen LogP contribution in [0.1, 0.15) is 24.5 Å². The molecule has 3 heteroatoms. The zero-order valence-electron chi connectivity index (χ0n) is 12.9. The van der Waals surface area contributed by atoms with Gasteiger partial charge in [0.2, 0.25) is 0 Å². The van der Waals surface area contributed by atoms with Gasteiger partial charge in [0.05, 0.1) is 7.11 Å². The monoisotopic (exact) mass is 284 g/mol. The van der Waals surface area contributed by atoms with Crippen molar-refractivity contribution < 1.29 is 4.74 Å². The smallest absolute Gasteiger partial charge is 0.118 e. The van der Waals surface area contributed by atoms with Crippen LogP contribution in [0.3, 0.4) is 0 Å². The maximum Gasteiger partial charge on any atom is 0.118 e. The Labute approximate surface area is 127 Å². The van der Waals surface area contributed by atoms with E-state index >= 15 is 0 Å². The fraction of sp³-hybridized carbons (Fsp3) is 0.333. The molecule has 0 heterocycles. The molecule has 0 fully saturated rings. The fourth-order valence-electron chi connectivity index (χ4n) is 2.44. The van der Waals surface area contributed by atoms with Gasteiger partial charge in [-0.05, 0) is 42.3 Å². The van der Waals surface area contributed by atoms with Crippen molar-refractivity contribution in [3.8, 4) is 5.75 Å². The van der Waals surface area contributed by atoms with Crippen molar-refractivity contribution in [3.63, 3.8) is 0 Å². The largest absolute Gasteiger partial charge is 0.497 e. The number of nitrogen functional groups attached to an aromatic ring is 1. The van der Waals surface area contributed by atoms with Gasteiger partial charge in [0.25, 0.3) is 0 Å². The van der Waals surface area contributed by atoms with Gasteiger partial charge in [0, 0.05) is 18.8 Å². The van der Waals surface area contributed by atoms with Crippen molar-refractivity contribution >= 4 is 5.69 Å². The summed E-state index contributed by atoms with van der Waals surface area (Å²) in [6.45, 7) is 5.06. The number of para-hydroxylation sites is 1. The first kappa shape index (κ1) is 15.4. The van der Waals surface area contributed by atoms with E-state index in [2.05, 4.69) is 30.0 Å². The van der Waals surface area contributed by atoms with Crippen LogP contribution in [-0.2, 0) is 13.1 Å². The van der Waals surface area contributed by atoms with Crippen LogP contribution in [0.15, 0.2) is 48.5 Å². The lowest BCUT2D eigenvalue weighted by molar-refractivity contribution is 0.257. The number of hydrogen-bond donors (Lipinski definition) is 1. The van der Waals surface area contributed by atoms with E-state index in [4.69, 9.17) is 10.5 Å². The third kappa shape index (κ3) is 4.50. The number of nitrogens with zero attached hydrogens (tertiary/aromatic N) is 1. The normalized spacial score (nSPS) is 10.8. The van der Waals surface area contributed by atoms with Crippen LogP contribution in [0.2, 0.25) is 0 Å². The van der Waals surface area contributed by atoms with Crippen LogP contribution < -0.4 is 10.5 Å². The van der Waals surface area contributed by atoms with Crippen molar-refractivity contribution in [2.45, 2.75) is 26.4 Å². The molecule has 0 aliphatic rings. The Kier molecular flexibility index (Phi) is 5.64. The summed E-state index contributed by atoms with van der Waals surface area (Å²) in [6.07, 6.45) is 1.13. The van der Waals surface area contributed by atoms with Gasteiger partial charge < -0.3 is 10.5 Å². The molecule has 0 aliphatic heterocycles. The minimum absolute atomic E-state index is 0.869. The number of benzene rings is 2. The summed E-state index contributed by atoms with van der Waals surface area (Å²) in [5.74, 6) is 0.896. The molecule has 0 amide bonds. The Hall–Kier alpha value is -2.00. The number of nitrogens with two attached hydrogens (primary N) is 1. The van der Waals surface area contributed by atoms with E-state index in [1.54, 1.807) is 7.11 Å². The lowest BCUT2D eigenvalue weighted by atomic mass is 10.1. The van der Waals surface area contributed by atoms with Crippen molar-refractivity contribution in [2.75, 3.05) is 19.4 Å². The number of ether oxygens (including phenoxy) is 1. The Morgan fingerprint density at radius 1 is 1.00 bits per heavy atom. The van der Waals surface area contributed by atoms with E-state index in [0.717, 1.165) is 37.5 Å². The molecule has 0 saturated carbocycles. The second kappa shape index (κ2) is 7.70. The van der Waals surface area contributed by atoms with Crippen molar-refractivity contribution in [2.24, 2.45) is 0 Å². The maximum atomic E-state index is 6.05. The fourth-order valence-corrected chi connectivity index (χ4v) is 2.44. The predicted molar refractivity (Wildman–Crippen MR) is 88.3 cm³/mol. The molecule has 2 aromatic carbocycles. The van der Waals surface area contributed by atoms with Crippen LogP contribution >= 0.6 is 0 Å². The summed E-state index contributed by atoms with van der Waals surface area (Å²) in [5, 5.41) is 0. The highest BCUT2D eigenvalue weighted by Gasteiger charge is 2.08. The standard InChI is InChI=1S/C18H24N2O/c1-3-12-20(14-16-6-4-5-7-18(16)19)13-15-8-10-17(21-2)11-9-15/h4-11H,3,12-14,19H2,1-2H3. The molecule has 3 nitrogen and oxygen atoms in total. The van der Waals surface area contributed by atoms with Crippen molar-refractivity contribution in [3.05, 3.63) is 59.7 Å². The van der Waals surface area contributed by atoms with E-state index in [0.29, 0.717) is 0 Å². The van der Waals surface area contributed by atoms with Crippen LogP contribution in [-0.4, -0.2) is 18.6 Å². The van der Waals surface area contributed by atoms with Crippen LogP contribution in [0, 0.1) is 0 Å². The van der Waals surface area contributed by atoms with Crippen LogP contribution in [0.4, 0.5) is 5.69 Å². The first-order valence-electron chi connectivity index (χ1n) is 7.41. The Morgan fingerprint density at radius 2 is 1.71 bits per heavy atom. The Balaban J connectivity index is 2.06. The highest BCUT2D eigenvalue weighted by Crippen LogP contribution is 2.17. The molecule has 0 spiro atoms. The molecule has 0 saturated heterocycles. The molecule has 0 radical (unpaired) electrons. The molecule has 0 unspecified atom stereocenters. The Bertz CT molecular complexity index is 551. The molecule has 2 rings (SSSR count). The van der Waals surface area contributed by atoms with E-state index in [-0.39, 0.29) is 0 Å². The second-order valence-electron chi connectivity index (χ2n) is 5.26. The van der Waals surface area contributed by atoms with Crippen molar-refractivity contribution in [1.29, 1.82) is 0 Å². The predicted octanol–water partition coefficient (Wildman–Crippen LogP) is 3.69. The lowest BCUT2D eigenvalue weighted by Crippen LogP contribution is -2.24. The summed E-state index contributed by atoms with van der Waals surface area (Å²) in [6, 6.07) is 16.4. The van der Waals surface area contributed by atoms with Gasteiger partial charge in [-0.1, -0.05) is 37.3 Å². The summed E-state index contributed by atoms with van der Waals surface area (Å²) in [7, 11) is 1.69. The minimum Gasteiger partial charge on any atom is -0.497 e. The molecule has 112 valence electrons. The highest BCUT2D eigenvalue weighted by atomic mass is 16.5. The van der Waals surface area contributed by atoms with E-state index in [1.165, 1.54) is 11.1 Å². The average molecular weight is 284 g/mol. The average Bonchev–Trinajstić information content (AvgIpc) is 2.50.